The van der Waals surface area contributed by atoms with Crippen molar-refractivity contribution in [2.24, 2.45) is 11.7 Å². The van der Waals surface area contributed by atoms with Gasteiger partial charge in [-0.25, -0.2) is 0 Å². The summed E-state index contributed by atoms with van der Waals surface area (Å²) in [5.41, 5.74) is 5.88. The Labute approximate surface area is 93.0 Å². The van der Waals surface area contributed by atoms with Crippen LogP contribution in [0.15, 0.2) is 0 Å². The second-order valence-electron chi connectivity index (χ2n) is 5.38. The van der Waals surface area contributed by atoms with E-state index < -0.39 is 0 Å². The van der Waals surface area contributed by atoms with E-state index in [1.807, 2.05) is 11.9 Å². The van der Waals surface area contributed by atoms with Gasteiger partial charge in [-0.2, -0.15) is 0 Å². The Morgan fingerprint density at radius 1 is 1.40 bits per heavy atom. The Morgan fingerprint density at radius 3 is 2.27 bits per heavy atom. The second-order valence-corrected chi connectivity index (χ2v) is 5.38. The smallest absolute Gasteiger partial charge is 0.224 e. The third-order valence-electron chi connectivity index (χ3n) is 3.82. The standard InChI is InChI=1S/C12H24N2O/c1-9(2)10(3)14(4)11(15)8-12(13)6-5-7-12/h9-10H,5-8,13H2,1-4H3. The van der Waals surface area contributed by atoms with E-state index in [4.69, 9.17) is 5.73 Å². The summed E-state index contributed by atoms with van der Waals surface area (Å²) in [4.78, 5) is 13.8. The van der Waals surface area contributed by atoms with Crippen LogP contribution in [0, 0.1) is 5.92 Å². The zero-order valence-electron chi connectivity index (χ0n) is 10.4. The number of hydrogen-bond acceptors (Lipinski definition) is 2. The third-order valence-corrected chi connectivity index (χ3v) is 3.82. The van der Waals surface area contributed by atoms with Crippen molar-refractivity contribution in [3.63, 3.8) is 0 Å². The van der Waals surface area contributed by atoms with E-state index in [0.29, 0.717) is 18.4 Å². The average Bonchev–Trinajstić information content (AvgIpc) is 2.12. The predicted molar refractivity (Wildman–Crippen MR) is 62.5 cm³/mol. The molecule has 0 aromatic rings. The minimum atomic E-state index is -0.192. The van der Waals surface area contributed by atoms with Crippen molar-refractivity contribution in [2.45, 2.75) is 58.0 Å². The Morgan fingerprint density at radius 2 is 1.93 bits per heavy atom. The van der Waals surface area contributed by atoms with Gasteiger partial charge in [-0.15, -0.1) is 0 Å². The van der Waals surface area contributed by atoms with Gasteiger partial charge in [0.25, 0.3) is 0 Å². The van der Waals surface area contributed by atoms with Gasteiger partial charge < -0.3 is 10.6 Å². The van der Waals surface area contributed by atoms with Crippen LogP contribution in [0.1, 0.15) is 46.5 Å². The minimum Gasteiger partial charge on any atom is -0.343 e. The van der Waals surface area contributed by atoms with E-state index in [-0.39, 0.29) is 11.4 Å². The van der Waals surface area contributed by atoms with Crippen LogP contribution in [-0.2, 0) is 4.79 Å². The second kappa shape index (κ2) is 4.52. The highest BCUT2D eigenvalue weighted by molar-refractivity contribution is 5.77. The third kappa shape index (κ3) is 2.94. The van der Waals surface area contributed by atoms with Gasteiger partial charge in [0.05, 0.1) is 0 Å². The highest BCUT2D eigenvalue weighted by Gasteiger charge is 2.36. The number of nitrogens with zero attached hydrogens (tertiary/aromatic N) is 1. The summed E-state index contributed by atoms with van der Waals surface area (Å²) in [5.74, 6) is 0.687. The summed E-state index contributed by atoms with van der Waals surface area (Å²) in [5, 5.41) is 0. The molecule has 0 aromatic heterocycles. The number of amides is 1. The van der Waals surface area contributed by atoms with Crippen LogP contribution in [-0.4, -0.2) is 29.4 Å². The van der Waals surface area contributed by atoms with Gasteiger partial charge in [0.1, 0.15) is 0 Å². The molecule has 0 saturated heterocycles. The topological polar surface area (TPSA) is 46.3 Å². The molecule has 88 valence electrons. The van der Waals surface area contributed by atoms with Crippen LogP contribution in [0.4, 0.5) is 0 Å². The fourth-order valence-corrected chi connectivity index (χ4v) is 1.91. The van der Waals surface area contributed by atoms with Crippen molar-refractivity contribution in [1.82, 2.24) is 4.90 Å². The number of carbonyl (C=O) groups excluding carboxylic acids is 1. The molecule has 0 bridgehead atoms. The van der Waals surface area contributed by atoms with Crippen LogP contribution >= 0.6 is 0 Å². The lowest BCUT2D eigenvalue weighted by molar-refractivity contribution is -0.134. The maximum atomic E-state index is 11.9. The molecule has 1 amide bonds. The largest absolute Gasteiger partial charge is 0.343 e. The molecule has 1 aliphatic rings. The number of carbonyl (C=O) groups is 1. The van der Waals surface area contributed by atoms with Crippen LogP contribution < -0.4 is 5.73 Å². The maximum absolute atomic E-state index is 11.9. The highest BCUT2D eigenvalue weighted by atomic mass is 16.2. The zero-order chi connectivity index (χ0) is 11.6. The molecule has 1 rings (SSSR count). The molecule has 0 aromatic carbocycles. The van der Waals surface area contributed by atoms with E-state index in [9.17, 15) is 4.79 Å². The van der Waals surface area contributed by atoms with E-state index >= 15 is 0 Å². The number of rotatable bonds is 4. The molecule has 0 heterocycles. The summed E-state index contributed by atoms with van der Waals surface area (Å²) in [6.07, 6.45) is 3.69. The SMILES string of the molecule is CC(C)C(C)N(C)C(=O)CC1(N)CCC1. The van der Waals surface area contributed by atoms with Gasteiger partial charge in [-0.3, -0.25) is 4.79 Å². The molecule has 1 aliphatic carbocycles. The summed E-state index contributed by atoms with van der Waals surface area (Å²) >= 11 is 0. The molecule has 0 radical (unpaired) electrons. The van der Waals surface area contributed by atoms with E-state index in [1.54, 1.807) is 0 Å². The van der Waals surface area contributed by atoms with Crippen molar-refractivity contribution < 1.29 is 4.79 Å². The first-order chi connectivity index (χ1) is 6.86. The monoisotopic (exact) mass is 212 g/mol. The van der Waals surface area contributed by atoms with Gasteiger partial charge in [-0.05, 0) is 32.1 Å². The quantitative estimate of drug-likeness (QED) is 0.772. The lowest BCUT2D eigenvalue weighted by Gasteiger charge is -2.39. The highest BCUT2D eigenvalue weighted by Crippen LogP contribution is 2.32. The molecule has 2 N–H and O–H groups in total. The molecular weight excluding hydrogens is 188 g/mol. The van der Waals surface area contributed by atoms with Crippen LogP contribution in [0.2, 0.25) is 0 Å². The molecular formula is C12H24N2O. The molecule has 3 nitrogen and oxygen atoms in total. The van der Waals surface area contributed by atoms with Crippen LogP contribution in [0.25, 0.3) is 0 Å². The first-order valence-electron chi connectivity index (χ1n) is 5.90. The Kier molecular flexibility index (Phi) is 3.77. The van der Waals surface area contributed by atoms with Crippen molar-refractivity contribution in [2.75, 3.05) is 7.05 Å². The zero-order valence-corrected chi connectivity index (χ0v) is 10.4. The van der Waals surface area contributed by atoms with E-state index in [0.717, 1.165) is 12.8 Å². The first-order valence-corrected chi connectivity index (χ1v) is 5.90. The summed E-state index contributed by atoms with van der Waals surface area (Å²) in [6.45, 7) is 6.36. The first kappa shape index (κ1) is 12.5. The average molecular weight is 212 g/mol. The van der Waals surface area contributed by atoms with Crippen molar-refractivity contribution >= 4 is 5.91 Å². The molecule has 0 aliphatic heterocycles. The van der Waals surface area contributed by atoms with Crippen molar-refractivity contribution in [1.29, 1.82) is 0 Å². The molecule has 1 atom stereocenters. The van der Waals surface area contributed by atoms with Crippen LogP contribution in [0.3, 0.4) is 0 Å². The molecule has 3 heteroatoms. The fourth-order valence-electron chi connectivity index (χ4n) is 1.91. The molecule has 1 fully saturated rings. The van der Waals surface area contributed by atoms with Crippen LogP contribution in [0.5, 0.6) is 0 Å². The molecule has 1 saturated carbocycles. The minimum absolute atomic E-state index is 0.192. The van der Waals surface area contributed by atoms with E-state index in [2.05, 4.69) is 20.8 Å². The van der Waals surface area contributed by atoms with Crippen molar-refractivity contribution in [3.05, 3.63) is 0 Å². The maximum Gasteiger partial charge on any atom is 0.224 e. The summed E-state index contributed by atoms with van der Waals surface area (Å²) in [6, 6.07) is 0.293. The van der Waals surface area contributed by atoms with Gasteiger partial charge in [-0.1, -0.05) is 13.8 Å². The summed E-state index contributed by atoms with van der Waals surface area (Å²) in [7, 11) is 1.88. The molecule has 0 spiro atoms. The normalized spacial score (nSPS) is 20.9. The molecule has 1 unspecified atom stereocenters. The number of hydrogen-bond donors (Lipinski definition) is 1. The number of nitrogens with two attached hydrogens (primary N) is 1. The predicted octanol–water partition coefficient (Wildman–Crippen LogP) is 1.76. The van der Waals surface area contributed by atoms with Gasteiger partial charge in [0.2, 0.25) is 5.91 Å². The Hall–Kier alpha value is -0.570. The molecule has 15 heavy (non-hydrogen) atoms. The lowest BCUT2D eigenvalue weighted by Crippen LogP contribution is -2.51. The van der Waals surface area contributed by atoms with Gasteiger partial charge in [0.15, 0.2) is 0 Å². The lowest BCUT2D eigenvalue weighted by atomic mass is 9.75. The summed E-state index contributed by atoms with van der Waals surface area (Å²) < 4.78 is 0. The fraction of sp³-hybridized carbons (Fsp3) is 0.917. The van der Waals surface area contributed by atoms with Crippen molar-refractivity contribution in [3.8, 4) is 0 Å². The van der Waals surface area contributed by atoms with E-state index in [1.165, 1.54) is 6.42 Å². The van der Waals surface area contributed by atoms with Gasteiger partial charge in [0, 0.05) is 25.0 Å². The Balaban J connectivity index is 2.45. The Bertz CT molecular complexity index is 234. The van der Waals surface area contributed by atoms with Gasteiger partial charge >= 0.3 is 0 Å².